The lowest BCUT2D eigenvalue weighted by Crippen LogP contribution is -2.20. The summed E-state index contributed by atoms with van der Waals surface area (Å²) in [4.78, 5) is 14.3. The molecule has 0 saturated carbocycles. The molecule has 2 N–H and O–H groups in total. The Bertz CT molecular complexity index is 493. The first-order valence-corrected chi connectivity index (χ1v) is 7.48. The SMILES string of the molecule is CC(C)CS(=O)(=O)Nc1nc(CC(=O)O)cs1. The van der Waals surface area contributed by atoms with Gasteiger partial charge in [0.2, 0.25) is 10.0 Å². The van der Waals surface area contributed by atoms with Gasteiger partial charge in [0.25, 0.3) is 0 Å². The Morgan fingerprint density at radius 1 is 1.59 bits per heavy atom. The highest BCUT2D eigenvalue weighted by atomic mass is 32.2. The number of anilines is 1. The van der Waals surface area contributed by atoms with E-state index in [1.54, 1.807) is 13.8 Å². The molecule has 0 spiro atoms. The Morgan fingerprint density at radius 3 is 2.76 bits per heavy atom. The number of nitrogens with one attached hydrogen (secondary N) is 1. The molecule has 0 amide bonds. The Labute approximate surface area is 104 Å². The molecule has 1 heterocycles. The second kappa shape index (κ2) is 5.46. The predicted octanol–water partition coefficient (Wildman–Crippen LogP) is 1.17. The number of aromatic nitrogens is 1. The van der Waals surface area contributed by atoms with Crippen molar-refractivity contribution in [3.05, 3.63) is 11.1 Å². The smallest absolute Gasteiger partial charge is 0.309 e. The maximum absolute atomic E-state index is 11.6. The van der Waals surface area contributed by atoms with Gasteiger partial charge in [-0.1, -0.05) is 13.8 Å². The van der Waals surface area contributed by atoms with Gasteiger partial charge in [0.15, 0.2) is 5.13 Å². The molecule has 96 valence electrons. The number of carboxylic acid groups (broad SMARTS) is 1. The lowest BCUT2D eigenvalue weighted by molar-refractivity contribution is -0.136. The number of carboxylic acids is 1. The van der Waals surface area contributed by atoms with Crippen LogP contribution in [0.25, 0.3) is 0 Å². The molecule has 0 saturated heterocycles. The number of carbonyl (C=O) groups is 1. The van der Waals surface area contributed by atoms with Gasteiger partial charge in [-0.3, -0.25) is 9.52 Å². The molecule has 1 aromatic heterocycles. The van der Waals surface area contributed by atoms with Gasteiger partial charge >= 0.3 is 5.97 Å². The molecule has 0 aromatic carbocycles. The van der Waals surface area contributed by atoms with Gasteiger partial charge in [-0.05, 0) is 5.92 Å². The molecule has 0 aliphatic heterocycles. The van der Waals surface area contributed by atoms with Crippen LogP contribution in [0.5, 0.6) is 0 Å². The lowest BCUT2D eigenvalue weighted by Gasteiger charge is -2.06. The molecule has 0 aliphatic carbocycles. The lowest BCUT2D eigenvalue weighted by atomic mass is 10.3. The van der Waals surface area contributed by atoms with Crippen molar-refractivity contribution < 1.29 is 18.3 Å². The Kier molecular flexibility index (Phi) is 4.47. The van der Waals surface area contributed by atoms with Gasteiger partial charge in [-0.25, -0.2) is 13.4 Å². The van der Waals surface area contributed by atoms with Crippen LogP contribution >= 0.6 is 11.3 Å². The predicted molar refractivity (Wildman–Crippen MR) is 65.7 cm³/mol. The van der Waals surface area contributed by atoms with Gasteiger partial charge < -0.3 is 5.11 Å². The summed E-state index contributed by atoms with van der Waals surface area (Å²) in [5.41, 5.74) is 0.352. The number of hydrogen-bond donors (Lipinski definition) is 2. The zero-order chi connectivity index (χ0) is 13.1. The summed E-state index contributed by atoms with van der Waals surface area (Å²) in [5, 5.41) is 10.3. The third kappa shape index (κ3) is 5.14. The summed E-state index contributed by atoms with van der Waals surface area (Å²) in [6, 6.07) is 0. The van der Waals surface area contributed by atoms with E-state index in [9.17, 15) is 13.2 Å². The molecule has 1 rings (SSSR count). The first kappa shape index (κ1) is 13.9. The average molecular weight is 278 g/mol. The van der Waals surface area contributed by atoms with Gasteiger partial charge in [-0.15, -0.1) is 11.3 Å². The van der Waals surface area contributed by atoms with Crippen molar-refractivity contribution in [2.45, 2.75) is 20.3 Å². The molecule has 6 nitrogen and oxygen atoms in total. The van der Waals surface area contributed by atoms with E-state index in [0.29, 0.717) is 5.69 Å². The minimum atomic E-state index is -3.40. The van der Waals surface area contributed by atoms with Crippen LogP contribution in [0, 0.1) is 5.92 Å². The molecule has 17 heavy (non-hydrogen) atoms. The maximum atomic E-state index is 11.6. The van der Waals surface area contributed by atoms with Gasteiger partial charge in [-0.2, -0.15) is 0 Å². The van der Waals surface area contributed by atoms with Gasteiger partial charge in [0, 0.05) is 5.38 Å². The highest BCUT2D eigenvalue weighted by Crippen LogP contribution is 2.17. The third-order valence-corrected chi connectivity index (χ3v) is 4.23. The number of rotatable bonds is 6. The summed E-state index contributed by atoms with van der Waals surface area (Å²) in [5.74, 6) is -0.959. The van der Waals surface area contributed by atoms with Gasteiger partial charge in [0.1, 0.15) is 0 Å². The number of nitrogens with zero attached hydrogens (tertiary/aromatic N) is 1. The fourth-order valence-electron chi connectivity index (χ4n) is 1.20. The second-order valence-corrected chi connectivity index (χ2v) is 6.62. The fraction of sp³-hybridized carbons (Fsp3) is 0.556. The monoisotopic (exact) mass is 278 g/mol. The summed E-state index contributed by atoms with van der Waals surface area (Å²) < 4.78 is 25.5. The minimum Gasteiger partial charge on any atom is -0.481 e. The molecule has 0 unspecified atom stereocenters. The van der Waals surface area contributed by atoms with E-state index in [2.05, 4.69) is 9.71 Å². The second-order valence-electron chi connectivity index (χ2n) is 3.99. The van der Waals surface area contributed by atoms with E-state index in [4.69, 9.17) is 5.11 Å². The van der Waals surface area contributed by atoms with E-state index in [1.165, 1.54) is 5.38 Å². The van der Waals surface area contributed by atoms with Gasteiger partial charge in [0.05, 0.1) is 17.9 Å². The molecule has 1 aromatic rings. The Morgan fingerprint density at radius 2 is 2.24 bits per heavy atom. The van der Waals surface area contributed by atoms with Crippen molar-refractivity contribution in [3.63, 3.8) is 0 Å². The van der Waals surface area contributed by atoms with Crippen LogP contribution in [0.15, 0.2) is 5.38 Å². The third-order valence-electron chi connectivity index (χ3n) is 1.68. The maximum Gasteiger partial charge on any atom is 0.309 e. The zero-order valence-electron chi connectivity index (χ0n) is 9.50. The molecule has 0 radical (unpaired) electrons. The highest BCUT2D eigenvalue weighted by Gasteiger charge is 2.15. The summed E-state index contributed by atoms with van der Waals surface area (Å²) in [6.07, 6.45) is -0.206. The Balaban J connectivity index is 2.69. The number of aliphatic carboxylic acids is 1. The standard InChI is InChI=1S/C9H14N2O4S2/c1-6(2)5-17(14,15)11-9-10-7(4-16-9)3-8(12)13/h4,6H,3,5H2,1-2H3,(H,10,11)(H,12,13). The van der Waals surface area contributed by atoms with Crippen molar-refractivity contribution in [3.8, 4) is 0 Å². The fourth-order valence-corrected chi connectivity index (χ4v) is 3.60. The zero-order valence-corrected chi connectivity index (χ0v) is 11.1. The van der Waals surface area contributed by atoms with E-state index in [-0.39, 0.29) is 23.2 Å². The Hall–Kier alpha value is -1.15. The normalized spacial score (nSPS) is 11.7. The van der Waals surface area contributed by atoms with Crippen molar-refractivity contribution >= 4 is 32.5 Å². The van der Waals surface area contributed by atoms with E-state index in [0.717, 1.165) is 11.3 Å². The van der Waals surface area contributed by atoms with Crippen LogP contribution < -0.4 is 4.72 Å². The topological polar surface area (TPSA) is 96.4 Å². The number of hydrogen-bond acceptors (Lipinski definition) is 5. The van der Waals surface area contributed by atoms with Crippen LogP contribution in [0.2, 0.25) is 0 Å². The van der Waals surface area contributed by atoms with E-state index in [1.807, 2.05) is 0 Å². The first-order valence-electron chi connectivity index (χ1n) is 4.95. The summed E-state index contributed by atoms with van der Waals surface area (Å²) in [7, 11) is -3.40. The van der Waals surface area contributed by atoms with Crippen molar-refractivity contribution in [1.29, 1.82) is 0 Å². The molecular weight excluding hydrogens is 264 g/mol. The van der Waals surface area contributed by atoms with Crippen molar-refractivity contribution in [2.75, 3.05) is 10.5 Å². The van der Waals surface area contributed by atoms with Crippen LogP contribution in [0.4, 0.5) is 5.13 Å². The summed E-state index contributed by atoms with van der Waals surface area (Å²) in [6.45, 7) is 3.61. The van der Waals surface area contributed by atoms with Crippen LogP contribution in [0.1, 0.15) is 19.5 Å². The minimum absolute atomic E-state index is 0.0147. The molecule has 0 bridgehead atoms. The van der Waals surface area contributed by atoms with Crippen LogP contribution in [-0.2, 0) is 21.2 Å². The van der Waals surface area contributed by atoms with E-state index >= 15 is 0 Å². The summed E-state index contributed by atoms with van der Waals surface area (Å²) >= 11 is 1.08. The van der Waals surface area contributed by atoms with Crippen molar-refractivity contribution in [1.82, 2.24) is 4.98 Å². The van der Waals surface area contributed by atoms with Crippen LogP contribution in [0.3, 0.4) is 0 Å². The highest BCUT2D eigenvalue weighted by molar-refractivity contribution is 7.92. The first-order chi connectivity index (χ1) is 7.78. The van der Waals surface area contributed by atoms with E-state index < -0.39 is 16.0 Å². The number of thiazole rings is 1. The molecule has 8 heteroatoms. The molecule has 0 atom stereocenters. The largest absolute Gasteiger partial charge is 0.481 e. The quantitative estimate of drug-likeness (QED) is 0.814. The number of sulfonamides is 1. The average Bonchev–Trinajstić information content (AvgIpc) is 2.46. The van der Waals surface area contributed by atoms with Crippen molar-refractivity contribution in [2.24, 2.45) is 5.92 Å². The van der Waals surface area contributed by atoms with Crippen LogP contribution in [-0.4, -0.2) is 30.2 Å². The molecule has 0 aliphatic rings. The molecule has 0 fully saturated rings. The molecular formula is C9H14N2O4S2.